The fourth-order valence-corrected chi connectivity index (χ4v) is 4.62. The van der Waals surface area contributed by atoms with Gasteiger partial charge in [0, 0.05) is 48.2 Å². The summed E-state index contributed by atoms with van der Waals surface area (Å²) in [5, 5.41) is 15.2. The topological polar surface area (TPSA) is 71.2 Å². The van der Waals surface area contributed by atoms with Gasteiger partial charge < -0.3 is 5.11 Å². The third kappa shape index (κ3) is 4.40. The molecule has 4 aromatic rings. The first-order chi connectivity index (χ1) is 16.1. The smallest absolute Gasteiger partial charge is 0.336 e. The minimum absolute atomic E-state index is 0.331. The molecule has 166 valence electrons. The molecule has 1 N–H and O–H groups in total. The van der Waals surface area contributed by atoms with Crippen molar-refractivity contribution in [3.63, 3.8) is 0 Å². The number of rotatable bonds is 6. The van der Waals surface area contributed by atoms with Crippen molar-refractivity contribution in [1.29, 1.82) is 0 Å². The Morgan fingerprint density at radius 3 is 2.67 bits per heavy atom. The van der Waals surface area contributed by atoms with E-state index in [0.29, 0.717) is 42.0 Å². The van der Waals surface area contributed by atoms with Gasteiger partial charge in [0.2, 0.25) is 0 Å². The lowest BCUT2D eigenvalue weighted by Gasteiger charge is -2.31. The van der Waals surface area contributed by atoms with Crippen molar-refractivity contribution in [2.45, 2.75) is 19.6 Å². The highest BCUT2D eigenvalue weighted by Crippen LogP contribution is 2.34. The van der Waals surface area contributed by atoms with Gasteiger partial charge in [0.1, 0.15) is 0 Å². The lowest BCUT2D eigenvalue weighted by Crippen LogP contribution is -2.31. The highest BCUT2D eigenvalue weighted by Gasteiger charge is 2.28. The van der Waals surface area contributed by atoms with Crippen molar-refractivity contribution in [3.05, 3.63) is 94.9 Å². The van der Waals surface area contributed by atoms with Gasteiger partial charge in [-0.05, 0) is 23.3 Å². The number of pyridine rings is 1. The second-order valence-electron chi connectivity index (χ2n) is 8.16. The van der Waals surface area contributed by atoms with E-state index in [1.54, 1.807) is 10.9 Å². The Kier molecular flexibility index (Phi) is 5.94. The van der Waals surface area contributed by atoms with Crippen LogP contribution in [0.3, 0.4) is 0 Å². The molecule has 5 rings (SSSR count). The molecule has 0 radical (unpaired) electrons. The number of carbonyl (C=O) groups is 1. The van der Waals surface area contributed by atoms with Crippen LogP contribution in [0, 0.1) is 0 Å². The number of alkyl halides is 1. The summed E-state index contributed by atoms with van der Waals surface area (Å²) in [5.41, 5.74) is 5.62. The number of aryl methyl sites for hydroxylation is 1. The van der Waals surface area contributed by atoms with Gasteiger partial charge in [0.05, 0.1) is 29.5 Å². The van der Waals surface area contributed by atoms with Crippen molar-refractivity contribution in [2.24, 2.45) is 0 Å². The van der Waals surface area contributed by atoms with Crippen LogP contribution in [0.4, 0.5) is 0 Å². The molecule has 0 unspecified atom stereocenters. The van der Waals surface area contributed by atoms with Gasteiger partial charge in [0.25, 0.3) is 0 Å². The summed E-state index contributed by atoms with van der Waals surface area (Å²) < 4.78 is 1.81. The molecular weight excluding hydrogens is 436 g/mol. The molecule has 7 heteroatoms. The van der Waals surface area contributed by atoms with Crippen LogP contribution < -0.4 is 0 Å². The van der Waals surface area contributed by atoms with Crippen LogP contribution in [0.25, 0.3) is 22.6 Å². The third-order valence-corrected chi connectivity index (χ3v) is 6.01. The van der Waals surface area contributed by atoms with Gasteiger partial charge >= 0.3 is 5.97 Å². The molecule has 0 amide bonds. The molecular formula is C26H23ClN4O2. The van der Waals surface area contributed by atoms with Gasteiger partial charge in [-0.25, -0.2) is 9.78 Å². The van der Waals surface area contributed by atoms with Gasteiger partial charge in [-0.2, -0.15) is 5.10 Å². The molecule has 0 bridgehead atoms. The average molecular weight is 459 g/mol. The van der Waals surface area contributed by atoms with E-state index in [-0.39, 0.29) is 0 Å². The number of para-hydroxylation sites is 1. The maximum atomic E-state index is 12.4. The number of aromatic nitrogens is 3. The normalized spacial score (nSPS) is 15.1. The van der Waals surface area contributed by atoms with Crippen LogP contribution in [0.1, 0.15) is 32.7 Å². The summed E-state index contributed by atoms with van der Waals surface area (Å²) in [6.07, 6.45) is 5.81. The molecule has 0 aliphatic carbocycles. The first-order valence-corrected chi connectivity index (χ1v) is 11.4. The van der Waals surface area contributed by atoms with Crippen LogP contribution in [0.2, 0.25) is 0 Å². The SMILES string of the molecule is O=C(O)c1c2c(nc3ccccc13)/C(=C\c1cnn(CCCl)c1)CN(Cc1ccccc1)C2. The molecule has 0 fully saturated rings. The first-order valence-electron chi connectivity index (χ1n) is 10.8. The van der Waals surface area contributed by atoms with Crippen molar-refractivity contribution < 1.29 is 9.90 Å². The Balaban J connectivity index is 1.65. The Hall–Kier alpha value is -3.48. The van der Waals surface area contributed by atoms with E-state index in [1.807, 2.05) is 48.7 Å². The monoisotopic (exact) mass is 458 g/mol. The Morgan fingerprint density at radius 2 is 1.88 bits per heavy atom. The molecule has 2 aromatic carbocycles. The molecule has 6 nitrogen and oxygen atoms in total. The van der Waals surface area contributed by atoms with Crippen molar-refractivity contribution in [1.82, 2.24) is 19.7 Å². The first kappa shape index (κ1) is 21.4. The zero-order valence-electron chi connectivity index (χ0n) is 18.0. The van der Waals surface area contributed by atoms with E-state index in [9.17, 15) is 9.90 Å². The van der Waals surface area contributed by atoms with E-state index >= 15 is 0 Å². The summed E-state index contributed by atoms with van der Waals surface area (Å²) >= 11 is 5.85. The highest BCUT2D eigenvalue weighted by molar-refractivity contribution is 6.17. The number of nitrogens with zero attached hydrogens (tertiary/aromatic N) is 4. The minimum Gasteiger partial charge on any atom is -0.478 e. The Morgan fingerprint density at radius 1 is 1.09 bits per heavy atom. The zero-order valence-corrected chi connectivity index (χ0v) is 18.7. The van der Waals surface area contributed by atoms with Gasteiger partial charge in [-0.3, -0.25) is 9.58 Å². The lowest BCUT2D eigenvalue weighted by molar-refractivity contribution is 0.0696. The second kappa shape index (κ2) is 9.17. The molecule has 0 spiro atoms. The summed E-state index contributed by atoms with van der Waals surface area (Å²) in [4.78, 5) is 19.6. The van der Waals surface area contributed by atoms with Crippen LogP contribution in [0.5, 0.6) is 0 Å². The summed E-state index contributed by atoms with van der Waals surface area (Å²) in [5.74, 6) is -0.443. The number of carboxylic acid groups (broad SMARTS) is 1. The summed E-state index contributed by atoms with van der Waals surface area (Å²) in [6.45, 7) is 2.53. The third-order valence-electron chi connectivity index (χ3n) is 5.84. The van der Waals surface area contributed by atoms with Gasteiger partial charge in [-0.1, -0.05) is 48.5 Å². The number of hydrogen-bond acceptors (Lipinski definition) is 4. The standard InChI is InChI=1S/C26H23ClN4O2/c27-10-11-31-15-19(13-28-31)12-20-16-30(14-18-6-2-1-3-7-18)17-22-24(26(32)33)21-8-4-5-9-23(21)29-25(20)22/h1-9,12-13,15H,10-11,14,16-17H2,(H,32,33)/b20-12-. The summed E-state index contributed by atoms with van der Waals surface area (Å²) in [7, 11) is 0. The number of carboxylic acids is 1. The number of hydrogen-bond donors (Lipinski definition) is 1. The van der Waals surface area contributed by atoms with E-state index in [0.717, 1.165) is 28.9 Å². The maximum Gasteiger partial charge on any atom is 0.336 e. The molecule has 0 saturated heterocycles. The maximum absolute atomic E-state index is 12.4. The number of fused-ring (bicyclic) bond motifs is 2. The van der Waals surface area contributed by atoms with E-state index in [2.05, 4.69) is 28.2 Å². The molecule has 1 aliphatic rings. The second-order valence-corrected chi connectivity index (χ2v) is 8.54. The van der Waals surface area contributed by atoms with Crippen molar-refractivity contribution >= 4 is 40.1 Å². The van der Waals surface area contributed by atoms with Crippen LogP contribution in [-0.2, 0) is 19.6 Å². The molecule has 1 aliphatic heterocycles. The van der Waals surface area contributed by atoms with Gasteiger partial charge in [-0.15, -0.1) is 11.6 Å². The summed E-state index contributed by atoms with van der Waals surface area (Å²) in [6, 6.07) is 17.7. The lowest BCUT2D eigenvalue weighted by atomic mass is 9.92. The highest BCUT2D eigenvalue weighted by atomic mass is 35.5. The van der Waals surface area contributed by atoms with E-state index < -0.39 is 5.97 Å². The fraction of sp³-hybridized carbons (Fsp3) is 0.192. The van der Waals surface area contributed by atoms with E-state index in [1.165, 1.54) is 5.56 Å². The van der Waals surface area contributed by atoms with Crippen LogP contribution in [-0.4, -0.2) is 43.2 Å². The zero-order chi connectivity index (χ0) is 22.8. The van der Waals surface area contributed by atoms with Crippen molar-refractivity contribution in [2.75, 3.05) is 12.4 Å². The molecule has 2 aromatic heterocycles. The largest absolute Gasteiger partial charge is 0.478 e. The van der Waals surface area contributed by atoms with Crippen LogP contribution in [0.15, 0.2) is 67.0 Å². The number of aromatic carboxylic acids is 1. The molecule has 3 heterocycles. The number of halogens is 1. The number of benzene rings is 2. The quantitative estimate of drug-likeness (QED) is 0.415. The van der Waals surface area contributed by atoms with Crippen LogP contribution >= 0.6 is 11.6 Å². The molecule has 0 atom stereocenters. The minimum atomic E-state index is -0.930. The fourth-order valence-electron chi connectivity index (χ4n) is 4.44. The Bertz CT molecular complexity index is 1350. The van der Waals surface area contributed by atoms with Crippen molar-refractivity contribution in [3.8, 4) is 0 Å². The molecule has 33 heavy (non-hydrogen) atoms. The average Bonchev–Trinajstić information content (AvgIpc) is 3.25. The van der Waals surface area contributed by atoms with E-state index in [4.69, 9.17) is 16.6 Å². The predicted octanol–water partition coefficient (Wildman–Crippen LogP) is 4.92. The van der Waals surface area contributed by atoms with Gasteiger partial charge in [0.15, 0.2) is 0 Å². The predicted molar refractivity (Wildman–Crippen MR) is 130 cm³/mol. The Labute approximate surface area is 196 Å². The molecule has 0 saturated carbocycles.